The first-order chi connectivity index (χ1) is 65.7. The van der Waals surface area contributed by atoms with Crippen LogP contribution in [0.3, 0.4) is 0 Å². The molecule has 0 aliphatic carbocycles. The maximum atomic E-state index is 5.00. The molecule has 0 radical (unpaired) electrons. The minimum atomic E-state index is 0.609. The van der Waals surface area contributed by atoms with Crippen LogP contribution in [0.1, 0.15) is 72.2 Å². The maximum absolute atomic E-state index is 5.00. The topological polar surface area (TPSA) is 105 Å². The van der Waals surface area contributed by atoms with Crippen molar-refractivity contribution in [1.29, 1.82) is 0 Å². The van der Waals surface area contributed by atoms with Crippen molar-refractivity contribution in [2.75, 3.05) is 0 Å². The van der Waals surface area contributed by atoms with E-state index in [0.29, 0.717) is 11.8 Å². The van der Waals surface area contributed by atoms with Gasteiger partial charge in [0, 0.05) is 88.9 Å². The third-order valence-corrected chi connectivity index (χ3v) is 27.5. The highest BCUT2D eigenvalue weighted by atomic mass is 15.2. The molecule has 0 atom stereocenters. The summed E-state index contributed by atoms with van der Waals surface area (Å²) in [5.74, 6) is 4.07. The van der Waals surface area contributed by atoms with Gasteiger partial charge in [0.1, 0.15) is 47.8 Å². The lowest BCUT2D eigenvalue weighted by molar-refractivity contribution is -0.643. The summed E-state index contributed by atoms with van der Waals surface area (Å²) in [6.07, 6.45) is 23.1. The van der Waals surface area contributed by atoms with Gasteiger partial charge in [-0.3, -0.25) is 13.2 Å². The Morgan fingerprint density at radius 3 is 1.39 bits per heavy atom. The molecule has 0 aliphatic heterocycles. The van der Waals surface area contributed by atoms with Gasteiger partial charge < -0.3 is 18.3 Å². The molecule has 15 aromatic heterocycles. The summed E-state index contributed by atoms with van der Waals surface area (Å²) in [7, 11) is 12.7. The van der Waals surface area contributed by atoms with Crippen molar-refractivity contribution < 1.29 is 18.3 Å². The third kappa shape index (κ3) is 13.8. The number of imidazole rings is 7. The second kappa shape index (κ2) is 33.6. The number of aromatic nitrogens is 18. The van der Waals surface area contributed by atoms with Crippen molar-refractivity contribution in [3.05, 3.63) is 386 Å². The minimum Gasteiger partial charge on any atom is -0.337 e. The number of pyridine rings is 1. The smallest absolute Gasteiger partial charge is 0.312 e. The number of aryl methyl sites for hydroxylation is 12. The summed E-state index contributed by atoms with van der Waals surface area (Å²) in [6, 6.07) is 99.1. The van der Waals surface area contributed by atoms with E-state index in [9.17, 15) is 0 Å². The first kappa shape index (κ1) is 84.3. The van der Waals surface area contributed by atoms with Crippen molar-refractivity contribution in [2.24, 2.45) is 54.1 Å². The fraction of sp³-hybridized carbons (Fsp3) is 0.171. The van der Waals surface area contributed by atoms with Gasteiger partial charge >= 0.3 is 17.3 Å². The minimum absolute atomic E-state index is 0.609. The van der Waals surface area contributed by atoms with Crippen molar-refractivity contribution in [2.45, 2.75) is 82.1 Å². The molecule has 18 nitrogen and oxygen atoms in total. The molecular formula is C117H110N18+4. The van der Waals surface area contributed by atoms with E-state index >= 15 is 0 Å². The quantitative estimate of drug-likeness (QED) is 0.117. The van der Waals surface area contributed by atoms with Gasteiger partial charge in [-0.25, -0.2) is 18.3 Å². The van der Waals surface area contributed by atoms with Crippen LogP contribution >= 0.6 is 0 Å². The molecule has 0 amide bonds. The number of hydrogen-bond donors (Lipinski definition) is 0. The average Bonchev–Trinajstić information content (AvgIpc) is 1.54. The normalized spacial score (nSPS) is 11.9. The van der Waals surface area contributed by atoms with Crippen molar-refractivity contribution in [1.82, 2.24) is 64.0 Å². The van der Waals surface area contributed by atoms with E-state index in [1.807, 2.05) is 24.5 Å². The molecule has 664 valence electrons. The molecule has 0 saturated heterocycles. The highest BCUT2D eigenvalue weighted by molar-refractivity contribution is 6.13. The Hall–Kier alpha value is -16.2. The molecule has 135 heavy (non-hydrogen) atoms. The first-order valence-electron chi connectivity index (χ1n) is 46.8. The molecule has 0 N–H and O–H groups in total. The summed E-state index contributed by atoms with van der Waals surface area (Å²) in [4.78, 5) is 14.3. The Kier molecular flexibility index (Phi) is 21.0. The highest BCUT2D eigenvalue weighted by Gasteiger charge is 2.31. The van der Waals surface area contributed by atoms with E-state index in [0.717, 1.165) is 52.2 Å². The Bertz CT molecular complexity index is 9360. The molecule has 0 aliphatic rings. The lowest BCUT2D eigenvalue weighted by Gasteiger charge is -2.16. The van der Waals surface area contributed by atoms with Gasteiger partial charge in [-0.05, 0) is 208 Å². The fourth-order valence-electron chi connectivity index (χ4n) is 21.5. The molecule has 0 fully saturated rings. The SMILES string of the molecule is Cc1cccc2c1c1n(c3ccccc3[n+]1C)c1nc3ccccc3n21.Cc1cccc2c1c1n(cc[n+]1C)c1nc3ccccc3n21.Cc1cccc2c1c1n(cc[n+]1C)c1nccn21.Cc1cccc2c3ccccc3n3c(-c4c(CC(C)C)cccc4CC(C)C)c[n+](C)c3c12.Cc1ccccc1-n1ccc2c3ccccc3n(C)c21.Cc1ccccc1-n1ccc2ccn(C)c21. The van der Waals surface area contributed by atoms with Crippen LogP contribution in [0, 0.1) is 53.4 Å². The molecular weight excluding hydrogens is 1660 g/mol. The number of benzene rings is 12. The van der Waals surface area contributed by atoms with Gasteiger partial charge in [-0.2, -0.15) is 32.6 Å². The zero-order valence-electron chi connectivity index (χ0n) is 79.5. The largest absolute Gasteiger partial charge is 0.337 e. The summed E-state index contributed by atoms with van der Waals surface area (Å²) in [6.45, 7) is 22.3. The number of nitrogens with zero attached hydrogens (tertiary/aromatic N) is 18. The molecule has 27 aromatic rings. The van der Waals surface area contributed by atoms with Gasteiger partial charge in [0.25, 0.3) is 22.6 Å². The van der Waals surface area contributed by atoms with E-state index in [4.69, 9.17) is 9.97 Å². The van der Waals surface area contributed by atoms with E-state index in [2.05, 4.69) is 500 Å². The molecule has 12 aromatic carbocycles. The molecule has 0 spiro atoms. The predicted molar refractivity (Wildman–Crippen MR) is 554 cm³/mol. The van der Waals surface area contributed by atoms with E-state index in [1.54, 1.807) is 0 Å². The van der Waals surface area contributed by atoms with Gasteiger partial charge in [0.15, 0.2) is 16.7 Å². The van der Waals surface area contributed by atoms with Crippen LogP contribution in [-0.4, -0.2) is 64.0 Å². The van der Waals surface area contributed by atoms with Crippen LogP contribution in [-0.2, 0) is 55.1 Å². The Labute approximate surface area is 782 Å². The molecule has 27 rings (SSSR count). The third-order valence-electron chi connectivity index (χ3n) is 27.5. The van der Waals surface area contributed by atoms with Crippen molar-refractivity contribution >= 4 is 160 Å². The molecule has 15 heterocycles. The van der Waals surface area contributed by atoms with E-state index in [-0.39, 0.29) is 0 Å². The maximum Gasteiger partial charge on any atom is 0.312 e. The highest BCUT2D eigenvalue weighted by Crippen LogP contribution is 2.40. The second-order valence-corrected chi connectivity index (χ2v) is 37.3. The Balaban J connectivity index is 0.0000000955. The number of fused-ring (bicyclic) bond motifs is 34. The van der Waals surface area contributed by atoms with Gasteiger partial charge in [-0.15, -0.1) is 0 Å². The zero-order valence-corrected chi connectivity index (χ0v) is 79.5. The average molecular weight is 1770 g/mol. The predicted octanol–water partition coefficient (Wildman–Crippen LogP) is 24.2. The molecule has 0 saturated carbocycles. The number of hydrogen-bond acceptors (Lipinski definition) is 3. The second-order valence-electron chi connectivity index (χ2n) is 37.3. The Morgan fingerprint density at radius 2 is 0.770 bits per heavy atom. The van der Waals surface area contributed by atoms with Crippen molar-refractivity contribution in [3.63, 3.8) is 0 Å². The van der Waals surface area contributed by atoms with Crippen LogP contribution in [0.25, 0.3) is 183 Å². The van der Waals surface area contributed by atoms with E-state index < -0.39 is 0 Å². The van der Waals surface area contributed by atoms with Crippen molar-refractivity contribution in [3.8, 4) is 22.6 Å². The lowest BCUT2D eigenvalue weighted by atomic mass is 9.89. The zero-order chi connectivity index (χ0) is 92.6. The summed E-state index contributed by atoms with van der Waals surface area (Å²) >= 11 is 0. The van der Waals surface area contributed by atoms with Gasteiger partial charge in [0.2, 0.25) is 0 Å². The number of rotatable bonds is 7. The van der Waals surface area contributed by atoms with Crippen LogP contribution in [0.5, 0.6) is 0 Å². The van der Waals surface area contributed by atoms with Gasteiger partial charge in [0.05, 0.1) is 93.9 Å². The lowest BCUT2D eigenvalue weighted by Crippen LogP contribution is -2.27. The van der Waals surface area contributed by atoms with Gasteiger partial charge in [-0.1, -0.05) is 210 Å². The standard InChI is InChI=1S/C31H35N2.C22H17N4.C18H15N4.C18H16N2.C14H13N4.C14H14N2/c1-20(2)17-23-12-10-13-24(18-21(3)4)30(23)28-19-32(6)31-29-22(5)11-9-15-26(29)25-14-7-8-16-27(25)33(28)31;1-14-8-7-13-19-20(14)21-24(2)17-11-5-6-12-18(17)26(21)22-23-15-9-3-4-10-16(15)25(19)22;1-12-6-5-9-15-16(12)17-20(2)10-11-21(17)18-19-13-7-3-4-8-14(13)22(15)18;1-13-7-3-5-9-16(13)20-12-11-15-14-8-4-6-10-17(14)19(2)18(15)20;1-10-4-3-5-11-12(10)13-16(2)8-9-18(13)14-15-6-7-17(11)14;1-11-5-3-4-6-13(11)16-10-8-12-7-9-15(2)14(12)16/h7-16,19-21H,17-18H2,1-6H3;3-13H,1-2H3;3-11H,1-2H3;3-12H,1-2H3;3-9H,1-2H3;3-10H,1-2H3/q3*+1;;+1;. The summed E-state index contributed by atoms with van der Waals surface area (Å²) in [5, 5.41) is 11.7. The summed E-state index contributed by atoms with van der Waals surface area (Å²) < 4.78 is 33.7. The molecule has 18 heteroatoms. The fourth-order valence-corrected chi connectivity index (χ4v) is 21.5. The van der Waals surface area contributed by atoms with Crippen LogP contribution in [0.15, 0.2) is 341 Å². The van der Waals surface area contributed by atoms with Crippen LogP contribution in [0.2, 0.25) is 0 Å². The van der Waals surface area contributed by atoms with Crippen LogP contribution < -0.4 is 18.3 Å². The monoisotopic (exact) mass is 1770 g/mol. The summed E-state index contributed by atoms with van der Waals surface area (Å²) in [5.41, 5.74) is 36.0. The molecule has 0 bridgehead atoms. The molecule has 0 unspecified atom stereocenters. The Morgan fingerprint density at radius 1 is 0.319 bits per heavy atom. The van der Waals surface area contributed by atoms with Crippen LogP contribution in [0.4, 0.5) is 0 Å². The first-order valence-corrected chi connectivity index (χ1v) is 46.8. The van der Waals surface area contributed by atoms with E-state index in [1.165, 1.54) is 188 Å². The number of para-hydroxylation sites is 10.